The maximum Gasteiger partial charge on any atom is 0.150 e. The van der Waals surface area contributed by atoms with Crippen LogP contribution in [0.3, 0.4) is 0 Å². The van der Waals surface area contributed by atoms with Crippen LogP contribution in [0.5, 0.6) is 5.75 Å². The van der Waals surface area contributed by atoms with Gasteiger partial charge in [0, 0.05) is 10.9 Å². The molecule has 0 bridgehead atoms. The number of hydrogen-bond acceptors (Lipinski definition) is 2. The van der Waals surface area contributed by atoms with Crippen LogP contribution in [-0.4, -0.2) is 17.7 Å². The fourth-order valence-electron chi connectivity index (χ4n) is 1.28. The molecule has 0 aliphatic heterocycles. The second-order valence-corrected chi connectivity index (χ2v) is 4.24. The summed E-state index contributed by atoms with van der Waals surface area (Å²) in [5.74, 6) is 0.822. The molecule has 0 aliphatic rings. The number of rotatable bonds is 6. The molecule has 0 saturated heterocycles. The highest BCUT2D eigenvalue weighted by Crippen LogP contribution is 2.15. The van der Waals surface area contributed by atoms with Crippen LogP contribution in [0.4, 0.5) is 0 Å². The quantitative estimate of drug-likeness (QED) is 0.585. The van der Waals surface area contributed by atoms with Gasteiger partial charge in [0.05, 0.1) is 6.10 Å². The molecule has 0 amide bonds. The Hall–Kier alpha value is -0.830. The zero-order valence-corrected chi connectivity index (χ0v) is 10.4. The van der Waals surface area contributed by atoms with Crippen molar-refractivity contribution >= 4 is 22.2 Å². The molecule has 0 aliphatic carbocycles. The van der Waals surface area contributed by atoms with Crippen LogP contribution in [-0.2, 0) is 0 Å². The first-order valence-corrected chi connectivity index (χ1v) is 6.16. The Kier molecular flexibility index (Phi) is 5.40. The number of ether oxygens (including phenoxy) is 1. The molecule has 2 nitrogen and oxygen atoms in total. The average molecular weight is 271 g/mol. The van der Waals surface area contributed by atoms with E-state index < -0.39 is 0 Å². The van der Waals surface area contributed by atoms with Crippen molar-refractivity contribution in [3.05, 3.63) is 29.8 Å². The molecule has 0 saturated carbocycles. The Morgan fingerprint density at radius 3 is 2.60 bits per heavy atom. The van der Waals surface area contributed by atoms with Crippen LogP contribution in [0.1, 0.15) is 30.1 Å². The van der Waals surface area contributed by atoms with Crippen molar-refractivity contribution in [2.45, 2.75) is 25.9 Å². The Labute approximate surface area is 98.8 Å². The Morgan fingerprint density at radius 1 is 1.40 bits per heavy atom. The molecule has 1 atom stereocenters. The molecular formula is C12H15BrO2. The van der Waals surface area contributed by atoms with Crippen LogP contribution in [0.15, 0.2) is 24.3 Å². The summed E-state index contributed by atoms with van der Waals surface area (Å²) in [5, 5.41) is 1.00. The zero-order chi connectivity index (χ0) is 11.1. The van der Waals surface area contributed by atoms with Gasteiger partial charge in [-0.05, 0) is 44.0 Å². The van der Waals surface area contributed by atoms with Crippen molar-refractivity contribution < 1.29 is 9.53 Å². The van der Waals surface area contributed by atoms with Gasteiger partial charge in [0.25, 0.3) is 0 Å². The van der Waals surface area contributed by atoms with Crippen molar-refractivity contribution in [2.24, 2.45) is 0 Å². The van der Waals surface area contributed by atoms with E-state index in [1.54, 1.807) is 12.1 Å². The van der Waals surface area contributed by atoms with Crippen molar-refractivity contribution in [1.82, 2.24) is 0 Å². The molecule has 0 N–H and O–H groups in total. The van der Waals surface area contributed by atoms with Crippen molar-refractivity contribution in [3.8, 4) is 5.75 Å². The summed E-state index contributed by atoms with van der Waals surface area (Å²) in [6.45, 7) is 2.05. The first-order chi connectivity index (χ1) is 7.26. The topological polar surface area (TPSA) is 26.3 Å². The van der Waals surface area contributed by atoms with Crippen molar-refractivity contribution in [1.29, 1.82) is 0 Å². The largest absolute Gasteiger partial charge is 0.491 e. The molecule has 1 aromatic carbocycles. The van der Waals surface area contributed by atoms with Crippen LogP contribution in [0, 0.1) is 0 Å². The molecule has 0 radical (unpaired) electrons. The second-order valence-electron chi connectivity index (χ2n) is 3.45. The molecule has 0 aromatic heterocycles. The summed E-state index contributed by atoms with van der Waals surface area (Å²) in [7, 11) is 0. The van der Waals surface area contributed by atoms with Gasteiger partial charge in [-0.1, -0.05) is 15.9 Å². The highest BCUT2D eigenvalue weighted by atomic mass is 79.9. The fraction of sp³-hybridized carbons (Fsp3) is 0.417. The zero-order valence-electron chi connectivity index (χ0n) is 8.78. The van der Waals surface area contributed by atoms with E-state index in [0.29, 0.717) is 5.56 Å². The van der Waals surface area contributed by atoms with Crippen molar-refractivity contribution in [2.75, 3.05) is 5.33 Å². The number of alkyl halides is 1. The van der Waals surface area contributed by atoms with E-state index in [-0.39, 0.29) is 6.10 Å². The third-order valence-corrected chi connectivity index (χ3v) is 2.66. The van der Waals surface area contributed by atoms with E-state index >= 15 is 0 Å². The Bertz CT molecular complexity index is 295. The van der Waals surface area contributed by atoms with Crippen LogP contribution in [0.2, 0.25) is 0 Å². The average Bonchev–Trinajstić information content (AvgIpc) is 2.27. The molecule has 0 fully saturated rings. The first kappa shape index (κ1) is 12.2. The number of hydrogen-bond donors (Lipinski definition) is 0. The maximum atomic E-state index is 10.4. The summed E-state index contributed by atoms with van der Waals surface area (Å²) in [6, 6.07) is 7.18. The molecule has 15 heavy (non-hydrogen) atoms. The van der Waals surface area contributed by atoms with E-state index in [1.165, 1.54) is 0 Å². The van der Waals surface area contributed by atoms with Gasteiger partial charge in [0.15, 0.2) is 0 Å². The number of carbonyl (C=O) groups excluding carboxylic acids is 1. The number of benzene rings is 1. The molecule has 0 spiro atoms. The normalized spacial score (nSPS) is 12.1. The molecule has 1 aromatic rings. The minimum Gasteiger partial charge on any atom is -0.491 e. The predicted octanol–water partition coefficient (Wildman–Crippen LogP) is 3.44. The van der Waals surface area contributed by atoms with Crippen LogP contribution in [0.25, 0.3) is 0 Å². The van der Waals surface area contributed by atoms with E-state index in [4.69, 9.17) is 4.74 Å². The van der Waals surface area contributed by atoms with Gasteiger partial charge in [-0.3, -0.25) is 4.79 Å². The van der Waals surface area contributed by atoms with E-state index in [0.717, 1.165) is 30.2 Å². The van der Waals surface area contributed by atoms with Gasteiger partial charge < -0.3 is 4.74 Å². The van der Waals surface area contributed by atoms with Gasteiger partial charge in [-0.15, -0.1) is 0 Å². The minimum atomic E-state index is 0.213. The van der Waals surface area contributed by atoms with Gasteiger partial charge >= 0.3 is 0 Å². The first-order valence-electron chi connectivity index (χ1n) is 5.04. The second kappa shape index (κ2) is 6.62. The monoisotopic (exact) mass is 270 g/mol. The minimum absolute atomic E-state index is 0.213. The highest BCUT2D eigenvalue weighted by molar-refractivity contribution is 9.09. The number of carbonyl (C=O) groups is 1. The van der Waals surface area contributed by atoms with Gasteiger partial charge in [-0.25, -0.2) is 0 Å². The molecular weight excluding hydrogens is 256 g/mol. The van der Waals surface area contributed by atoms with Gasteiger partial charge in [0.1, 0.15) is 12.0 Å². The summed E-state index contributed by atoms with van der Waals surface area (Å²) in [5.41, 5.74) is 0.676. The third kappa shape index (κ3) is 4.47. The van der Waals surface area contributed by atoms with Gasteiger partial charge in [0.2, 0.25) is 0 Å². The van der Waals surface area contributed by atoms with E-state index in [1.807, 2.05) is 12.1 Å². The van der Waals surface area contributed by atoms with Crippen LogP contribution >= 0.6 is 15.9 Å². The lowest BCUT2D eigenvalue weighted by molar-refractivity contribution is 0.112. The number of halogens is 1. The Morgan fingerprint density at radius 2 is 2.07 bits per heavy atom. The molecule has 0 heterocycles. The molecule has 3 heteroatoms. The number of aldehydes is 1. The summed E-state index contributed by atoms with van der Waals surface area (Å²) < 4.78 is 5.68. The smallest absolute Gasteiger partial charge is 0.150 e. The molecule has 1 rings (SSSR count). The predicted molar refractivity (Wildman–Crippen MR) is 64.9 cm³/mol. The maximum absolute atomic E-state index is 10.4. The van der Waals surface area contributed by atoms with E-state index in [9.17, 15) is 4.79 Å². The molecule has 82 valence electrons. The Balaban J connectivity index is 2.45. The standard InChI is InChI=1S/C12H15BrO2/c1-10(3-2-8-13)15-12-6-4-11(9-14)5-7-12/h4-7,9-10H,2-3,8H2,1H3. The van der Waals surface area contributed by atoms with Gasteiger partial charge in [-0.2, -0.15) is 0 Å². The third-order valence-electron chi connectivity index (χ3n) is 2.10. The summed E-state index contributed by atoms with van der Waals surface area (Å²) in [6.07, 6.45) is 3.18. The SMILES string of the molecule is CC(CCCBr)Oc1ccc(C=O)cc1. The summed E-state index contributed by atoms with van der Waals surface area (Å²) in [4.78, 5) is 10.4. The lowest BCUT2D eigenvalue weighted by Crippen LogP contribution is -2.11. The fourth-order valence-corrected chi connectivity index (χ4v) is 1.60. The van der Waals surface area contributed by atoms with Crippen LogP contribution < -0.4 is 4.74 Å². The summed E-state index contributed by atoms with van der Waals surface area (Å²) >= 11 is 3.39. The lowest BCUT2D eigenvalue weighted by Gasteiger charge is -2.13. The lowest BCUT2D eigenvalue weighted by atomic mass is 10.2. The van der Waals surface area contributed by atoms with E-state index in [2.05, 4.69) is 22.9 Å². The highest BCUT2D eigenvalue weighted by Gasteiger charge is 2.03. The van der Waals surface area contributed by atoms with Crippen molar-refractivity contribution in [3.63, 3.8) is 0 Å². The molecule has 1 unspecified atom stereocenters.